The molecule has 0 aliphatic carbocycles. The maximum absolute atomic E-state index is 13.5. The third-order valence-corrected chi connectivity index (χ3v) is 5.82. The van der Waals surface area contributed by atoms with Gasteiger partial charge in [-0.25, -0.2) is 9.37 Å². The third kappa shape index (κ3) is 4.76. The first kappa shape index (κ1) is 23.1. The lowest BCUT2D eigenvalue weighted by Crippen LogP contribution is -2.24. The first-order valence-corrected chi connectivity index (χ1v) is 11.4. The van der Waals surface area contributed by atoms with Gasteiger partial charge in [0.15, 0.2) is 5.76 Å². The number of aryl methyl sites for hydroxylation is 1. The zero-order chi connectivity index (χ0) is 25.1. The molecule has 0 bridgehead atoms. The van der Waals surface area contributed by atoms with Crippen LogP contribution in [-0.2, 0) is 11.2 Å². The fourth-order valence-corrected chi connectivity index (χ4v) is 4.03. The Morgan fingerprint density at radius 1 is 1.03 bits per heavy atom. The topological polar surface area (TPSA) is 111 Å². The largest absolute Gasteiger partial charge is 0.481 e. The van der Waals surface area contributed by atoms with Crippen LogP contribution in [0, 0.1) is 5.82 Å². The number of halogens is 1. The van der Waals surface area contributed by atoms with Gasteiger partial charge in [0.25, 0.3) is 5.56 Å². The van der Waals surface area contributed by atoms with Gasteiger partial charge in [0.2, 0.25) is 0 Å². The van der Waals surface area contributed by atoms with E-state index in [1.165, 1.54) is 28.8 Å². The highest BCUT2D eigenvalue weighted by molar-refractivity contribution is 5.83. The highest BCUT2D eigenvalue weighted by atomic mass is 19.1. The third-order valence-electron chi connectivity index (χ3n) is 5.82. The maximum Gasteiger partial charge on any atom is 0.303 e. The summed E-state index contributed by atoms with van der Waals surface area (Å²) in [5, 5.41) is 13.5. The minimum absolute atomic E-state index is 0.0317. The van der Waals surface area contributed by atoms with Crippen molar-refractivity contribution in [2.45, 2.75) is 25.7 Å². The zero-order valence-electron chi connectivity index (χ0n) is 19.1. The molecule has 0 saturated heterocycles. The van der Waals surface area contributed by atoms with E-state index in [1.807, 2.05) is 12.1 Å². The molecule has 180 valence electrons. The number of aliphatic carboxylic acids is 1. The van der Waals surface area contributed by atoms with Crippen molar-refractivity contribution in [3.63, 3.8) is 0 Å². The van der Waals surface area contributed by atoms with E-state index in [0.29, 0.717) is 53.1 Å². The van der Waals surface area contributed by atoms with Crippen LogP contribution in [0.1, 0.15) is 25.1 Å². The van der Waals surface area contributed by atoms with Gasteiger partial charge in [-0.15, -0.1) is 0 Å². The van der Waals surface area contributed by atoms with Gasteiger partial charge in [-0.3, -0.25) is 19.1 Å². The molecular weight excluding hydrogens is 463 g/mol. The lowest BCUT2D eigenvalue weighted by Gasteiger charge is -2.14. The standard InChI is InChI=1S/C27H21FN4O4/c28-19-8-10-20(11-9-19)32-25(5-1-2-6-26(33)34)30-23-14-17(7-12-21(23)27(32)35)22-15-24(36-31-22)18-4-3-13-29-16-18/h3-4,7-16H,1-2,5-6H2,(H,33,34). The van der Waals surface area contributed by atoms with Crippen molar-refractivity contribution in [3.8, 4) is 28.3 Å². The van der Waals surface area contributed by atoms with Gasteiger partial charge < -0.3 is 9.63 Å². The Morgan fingerprint density at radius 3 is 2.61 bits per heavy atom. The number of carboxylic acid groups (broad SMARTS) is 1. The number of fused-ring (bicyclic) bond motifs is 1. The molecule has 0 spiro atoms. The van der Waals surface area contributed by atoms with Crippen molar-refractivity contribution in [3.05, 3.63) is 95.1 Å². The molecule has 0 fully saturated rings. The van der Waals surface area contributed by atoms with Gasteiger partial charge >= 0.3 is 5.97 Å². The van der Waals surface area contributed by atoms with E-state index in [9.17, 15) is 14.0 Å². The minimum atomic E-state index is -0.875. The summed E-state index contributed by atoms with van der Waals surface area (Å²) < 4.78 is 20.5. The van der Waals surface area contributed by atoms with Gasteiger partial charge in [-0.2, -0.15) is 0 Å². The molecule has 36 heavy (non-hydrogen) atoms. The number of carboxylic acids is 1. The van der Waals surface area contributed by atoms with E-state index >= 15 is 0 Å². The molecule has 5 rings (SSSR count). The lowest BCUT2D eigenvalue weighted by atomic mass is 10.1. The molecule has 8 nitrogen and oxygen atoms in total. The summed E-state index contributed by atoms with van der Waals surface area (Å²) >= 11 is 0. The van der Waals surface area contributed by atoms with E-state index in [0.717, 1.165) is 11.1 Å². The van der Waals surface area contributed by atoms with E-state index in [1.54, 1.807) is 36.7 Å². The molecule has 0 amide bonds. The maximum atomic E-state index is 13.5. The van der Waals surface area contributed by atoms with Crippen LogP contribution in [0.4, 0.5) is 4.39 Å². The fourth-order valence-electron chi connectivity index (χ4n) is 4.03. The first-order valence-electron chi connectivity index (χ1n) is 11.4. The van der Waals surface area contributed by atoms with Gasteiger partial charge in [-0.05, 0) is 61.4 Å². The highest BCUT2D eigenvalue weighted by Gasteiger charge is 2.16. The monoisotopic (exact) mass is 484 g/mol. The van der Waals surface area contributed by atoms with Crippen LogP contribution in [0.25, 0.3) is 39.2 Å². The molecule has 1 N–H and O–H groups in total. The van der Waals surface area contributed by atoms with Crippen molar-refractivity contribution in [2.75, 3.05) is 0 Å². The number of aromatic nitrogens is 4. The van der Waals surface area contributed by atoms with Crippen LogP contribution in [0.15, 0.2) is 82.4 Å². The van der Waals surface area contributed by atoms with Crippen LogP contribution in [0.3, 0.4) is 0 Å². The van der Waals surface area contributed by atoms with E-state index in [2.05, 4.69) is 10.1 Å². The number of hydrogen-bond acceptors (Lipinski definition) is 6. The average molecular weight is 484 g/mol. The molecule has 0 radical (unpaired) electrons. The van der Waals surface area contributed by atoms with Crippen molar-refractivity contribution < 1.29 is 18.8 Å². The number of carbonyl (C=O) groups is 1. The summed E-state index contributed by atoms with van der Waals surface area (Å²) in [4.78, 5) is 33.3. The molecular formula is C27H21FN4O4. The van der Waals surface area contributed by atoms with E-state index < -0.39 is 11.8 Å². The Hall–Kier alpha value is -4.66. The quantitative estimate of drug-likeness (QED) is 0.307. The van der Waals surface area contributed by atoms with Gasteiger partial charge in [0.05, 0.1) is 16.6 Å². The molecule has 3 aromatic heterocycles. The number of unbranched alkanes of at least 4 members (excludes halogenated alkanes) is 1. The van der Waals surface area contributed by atoms with Crippen LogP contribution in [0.2, 0.25) is 0 Å². The summed E-state index contributed by atoms with van der Waals surface area (Å²) in [6.07, 6.45) is 4.75. The minimum Gasteiger partial charge on any atom is -0.481 e. The van der Waals surface area contributed by atoms with Gasteiger partial charge in [0.1, 0.15) is 17.3 Å². The predicted octanol–water partition coefficient (Wildman–Crippen LogP) is 5.04. The summed E-state index contributed by atoms with van der Waals surface area (Å²) in [5.74, 6) is -0.249. The van der Waals surface area contributed by atoms with E-state index in [-0.39, 0.29) is 12.0 Å². The van der Waals surface area contributed by atoms with Crippen LogP contribution in [0.5, 0.6) is 0 Å². The molecule has 2 aromatic carbocycles. The van der Waals surface area contributed by atoms with Crippen molar-refractivity contribution in [2.24, 2.45) is 0 Å². The summed E-state index contributed by atoms with van der Waals surface area (Å²) in [5.41, 5.74) is 2.79. The normalized spacial score (nSPS) is 11.1. The summed E-state index contributed by atoms with van der Waals surface area (Å²) in [6, 6.07) is 16.3. The SMILES string of the molecule is O=C(O)CCCCc1nc2cc(-c3cc(-c4cccnc4)on3)ccc2c(=O)n1-c1ccc(F)cc1. The second kappa shape index (κ2) is 9.91. The Balaban J connectivity index is 1.56. The average Bonchev–Trinajstić information content (AvgIpc) is 3.38. The van der Waals surface area contributed by atoms with Gasteiger partial charge in [-0.1, -0.05) is 11.2 Å². The van der Waals surface area contributed by atoms with Crippen molar-refractivity contribution in [1.82, 2.24) is 19.7 Å². The van der Waals surface area contributed by atoms with Crippen molar-refractivity contribution >= 4 is 16.9 Å². The Labute approximate surface area is 204 Å². The molecule has 0 aliphatic heterocycles. The van der Waals surface area contributed by atoms with Crippen LogP contribution >= 0.6 is 0 Å². The molecule has 5 aromatic rings. The molecule has 0 saturated carbocycles. The molecule has 0 atom stereocenters. The van der Waals surface area contributed by atoms with Crippen LogP contribution in [-0.4, -0.2) is 30.8 Å². The van der Waals surface area contributed by atoms with E-state index in [4.69, 9.17) is 14.6 Å². The van der Waals surface area contributed by atoms with Crippen LogP contribution < -0.4 is 5.56 Å². The first-order chi connectivity index (χ1) is 17.5. The Bertz CT molecular complexity index is 1590. The number of benzene rings is 2. The zero-order valence-corrected chi connectivity index (χ0v) is 19.1. The van der Waals surface area contributed by atoms with Crippen molar-refractivity contribution in [1.29, 1.82) is 0 Å². The Morgan fingerprint density at radius 2 is 1.86 bits per heavy atom. The molecule has 3 heterocycles. The molecule has 0 unspecified atom stereocenters. The summed E-state index contributed by atoms with van der Waals surface area (Å²) in [6.45, 7) is 0. The number of hydrogen-bond donors (Lipinski definition) is 1. The number of nitrogens with zero attached hydrogens (tertiary/aromatic N) is 4. The predicted molar refractivity (Wildman–Crippen MR) is 131 cm³/mol. The fraction of sp³-hybridized carbons (Fsp3) is 0.148. The Kier molecular flexibility index (Phi) is 6.36. The number of pyridine rings is 1. The lowest BCUT2D eigenvalue weighted by molar-refractivity contribution is -0.137. The molecule has 0 aliphatic rings. The van der Waals surface area contributed by atoms with Gasteiger partial charge in [0, 0.05) is 42.4 Å². The molecule has 9 heteroatoms. The second-order valence-corrected chi connectivity index (χ2v) is 8.30. The smallest absolute Gasteiger partial charge is 0.303 e. The summed E-state index contributed by atoms with van der Waals surface area (Å²) in [7, 11) is 0. The second-order valence-electron chi connectivity index (χ2n) is 8.30. The highest BCUT2D eigenvalue weighted by Crippen LogP contribution is 2.27. The number of rotatable bonds is 8.